The normalized spacial score (nSPS) is 13.9. The summed E-state index contributed by atoms with van der Waals surface area (Å²) < 4.78 is 0.751. The van der Waals surface area contributed by atoms with Gasteiger partial charge in [0.05, 0.1) is 9.21 Å². The number of hydrogen-bond donors (Lipinski definition) is 0. The van der Waals surface area contributed by atoms with Crippen molar-refractivity contribution in [2.45, 2.75) is 25.7 Å². The summed E-state index contributed by atoms with van der Waals surface area (Å²) in [7, 11) is 0. The number of carbonyl (C=O) groups excluding carboxylic acids is 1. The molecule has 0 spiro atoms. The van der Waals surface area contributed by atoms with Crippen LogP contribution in [0, 0.1) is 0 Å². The first kappa shape index (κ1) is 11.5. The monoisotopic (exact) mass is 282 g/mol. The van der Waals surface area contributed by atoms with E-state index in [4.69, 9.17) is 11.6 Å². The number of Topliss-reactive ketones (excluding diaryl/α,β-unsaturated/α-hetero) is 1. The Morgan fingerprint density at radius 1 is 1.29 bits per heavy atom. The van der Waals surface area contributed by atoms with Crippen molar-refractivity contribution in [2.24, 2.45) is 0 Å². The number of halogens is 1. The van der Waals surface area contributed by atoms with E-state index in [-0.39, 0.29) is 5.78 Å². The van der Waals surface area contributed by atoms with Gasteiger partial charge in [0.1, 0.15) is 0 Å². The Hall–Kier alpha value is -0.640. The summed E-state index contributed by atoms with van der Waals surface area (Å²) in [5, 5.41) is 0. The molecule has 0 aromatic carbocycles. The first-order valence-corrected chi connectivity index (χ1v) is 7.62. The van der Waals surface area contributed by atoms with Gasteiger partial charge in [0, 0.05) is 16.2 Å². The third kappa shape index (κ3) is 2.32. The van der Waals surface area contributed by atoms with Crippen LogP contribution in [0.15, 0.2) is 18.2 Å². The van der Waals surface area contributed by atoms with Gasteiger partial charge in [0.25, 0.3) is 0 Å². The fourth-order valence-corrected chi connectivity index (χ4v) is 4.44. The molecule has 0 saturated heterocycles. The molecule has 1 nitrogen and oxygen atoms in total. The van der Waals surface area contributed by atoms with E-state index in [2.05, 4.69) is 6.07 Å². The van der Waals surface area contributed by atoms with E-state index in [1.54, 1.807) is 11.3 Å². The molecule has 0 unspecified atom stereocenters. The van der Waals surface area contributed by atoms with Crippen LogP contribution in [-0.2, 0) is 19.3 Å². The van der Waals surface area contributed by atoms with Crippen molar-refractivity contribution in [1.29, 1.82) is 0 Å². The lowest BCUT2D eigenvalue weighted by Gasteiger charge is -1.95. The fraction of sp³-hybridized carbons (Fsp3) is 0.308. The molecule has 0 saturated carbocycles. The summed E-state index contributed by atoms with van der Waals surface area (Å²) in [6.45, 7) is 0. The first-order valence-electron chi connectivity index (χ1n) is 5.61. The molecule has 3 rings (SSSR count). The molecule has 0 fully saturated rings. The second-order valence-electron chi connectivity index (χ2n) is 4.22. The fourth-order valence-electron chi connectivity index (χ4n) is 2.16. The Kier molecular flexibility index (Phi) is 3.07. The van der Waals surface area contributed by atoms with Gasteiger partial charge in [-0.05, 0) is 43.0 Å². The number of ketones is 1. The molecule has 0 aliphatic heterocycles. The predicted molar refractivity (Wildman–Crippen MR) is 73.7 cm³/mol. The molecule has 2 heterocycles. The number of carbonyl (C=O) groups is 1. The van der Waals surface area contributed by atoms with E-state index in [1.165, 1.54) is 28.2 Å². The number of rotatable bonds is 3. The van der Waals surface area contributed by atoms with Crippen LogP contribution in [0.2, 0.25) is 4.34 Å². The van der Waals surface area contributed by atoms with Crippen molar-refractivity contribution >= 4 is 40.1 Å². The highest BCUT2D eigenvalue weighted by atomic mass is 35.5. The Balaban J connectivity index is 1.77. The lowest BCUT2D eigenvalue weighted by atomic mass is 10.2. The van der Waals surface area contributed by atoms with Crippen molar-refractivity contribution < 1.29 is 4.79 Å². The van der Waals surface area contributed by atoms with Gasteiger partial charge < -0.3 is 0 Å². The topological polar surface area (TPSA) is 17.1 Å². The van der Waals surface area contributed by atoms with Gasteiger partial charge in [-0.2, -0.15) is 0 Å². The maximum Gasteiger partial charge on any atom is 0.177 e. The van der Waals surface area contributed by atoms with E-state index in [1.807, 2.05) is 12.1 Å². The summed E-state index contributed by atoms with van der Waals surface area (Å²) in [6, 6.07) is 5.87. The Labute approximate surface area is 113 Å². The van der Waals surface area contributed by atoms with Crippen molar-refractivity contribution in [2.75, 3.05) is 0 Å². The highest BCUT2D eigenvalue weighted by Gasteiger charge is 2.18. The minimum atomic E-state index is 0.225. The first-order chi connectivity index (χ1) is 8.22. The maximum atomic E-state index is 12.1. The zero-order valence-electron chi connectivity index (χ0n) is 9.16. The van der Waals surface area contributed by atoms with Crippen LogP contribution in [-0.4, -0.2) is 5.78 Å². The molecule has 1 aliphatic rings. The average Bonchev–Trinajstić information content (AvgIpc) is 2.92. The third-order valence-corrected chi connectivity index (χ3v) is 5.49. The predicted octanol–water partition coefficient (Wildman–Crippen LogP) is 4.38. The minimum absolute atomic E-state index is 0.225. The summed E-state index contributed by atoms with van der Waals surface area (Å²) in [5.41, 5.74) is 1.39. The molecule has 17 heavy (non-hydrogen) atoms. The summed E-state index contributed by atoms with van der Waals surface area (Å²) >= 11 is 9.03. The molecule has 0 bridgehead atoms. The van der Waals surface area contributed by atoms with Gasteiger partial charge >= 0.3 is 0 Å². The van der Waals surface area contributed by atoms with E-state index < -0.39 is 0 Å². The van der Waals surface area contributed by atoms with Crippen molar-refractivity contribution in [3.05, 3.63) is 42.7 Å². The molecule has 0 radical (unpaired) electrons. The molecule has 2 aromatic rings. The molecular weight excluding hydrogens is 272 g/mol. The zero-order valence-corrected chi connectivity index (χ0v) is 11.6. The second kappa shape index (κ2) is 4.56. The van der Waals surface area contributed by atoms with E-state index in [9.17, 15) is 4.79 Å². The molecule has 88 valence electrons. The van der Waals surface area contributed by atoms with E-state index >= 15 is 0 Å². The standard InChI is InChI=1S/C13H11ClOS2/c14-13-5-4-9(16-13)7-10(15)12-6-8-2-1-3-11(8)17-12/h4-6H,1-3,7H2. The highest BCUT2D eigenvalue weighted by molar-refractivity contribution is 7.16. The van der Waals surface area contributed by atoms with Gasteiger partial charge in [0.15, 0.2) is 5.78 Å². The SMILES string of the molecule is O=C(Cc1ccc(Cl)s1)c1cc2c(s1)CCC2. The lowest BCUT2D eigenvalue weighted by molar-refractivity contribution is 0.0997. The van der Waals surface area contributed by atoms with Crippen LogP contribution in [0.3, 0.4) is 0 Å². The number of hydrogen-bond acceptors (Lipinski definition) is 3. The van der Waals surface area contributed by atoms with E-state index in [0.717, 1.165) is 26.9 Å². The molecule has 0 atom stereocenters. The van der Waals surface area contributed by atoms with Crippen LogP contribution in [0.4, 0.5) is 0 Å². The summed E-state index contributed by atoms with van der Waals surface area (Å²) in [4.78, 5) is 15.5. The van der Waals surface area contributed by atoms with Gasteiger partial charge in [-0.25, -0.2) is 0 Å². The quantitative estimate of drug-likeness (QED) is 0.764. The maximum absolute atomic E-state index is 12.1. The van der Waals surface area contributed by atoms with Crippen LogP contribution >= 0.6 is 34.3 Å². The number of fused-ring (bicyclic) bond motifs is 1. The Morgan fingerprint density at radius 2 is 2.18 bits per heavy atom. The van der Waals surface area contributed by atoms with Crippen LogP contribution in [0.1, 0.15) is 31.4 Å². The van der Waals surface area contributed by atoms with Crippen molar-refractivity contribution in [1.82, 2.24) is 0 Å². The lowest BCUT2D eigenvalue weighted by Crippen LogP contribution is -1.99. The molecule has 2 aromatic heterocycles. The average molecular weight is 283 g/mol. The number of thiophene rings is 2. The summed E-state index contributed by atoms with van der Waals surface area (Å²) in [5.74, 6) is 0.225. The van der Waals surface area contributed by atoms with Gasteiger partial charge in [-0.1, -0.05) is 11.6 Å². The highest BCUT2D eigenvalue weighted by Crippen LogP contribution is 2.32. The van der Waals surface area contributed by atoms with Gasteiger partial charge in [0.2, 0.25) is 0 Å². The van der Waals surface area contributed by atoms with E-state index in [0.29, 0.717) is 6.42 Å². The molecule has 4 heteroatoms. The molecular formula is C13H11ClOS2. The smallest absolute Gasteiger partial charge is 0.177 e. The van der Waals surface area contributed by atoms with Gasteiger partial charge in [-0.3, -0.25) is 4.79 Å². The largest absolute Gasteiger partial charge is 0.293 e. The Bertz CT molecular complexity index is 546. The van der Waals surface area contributed by atoms with Crippen LogP contribution in [0.5, 0.6) is 0 Å². The minimum Gasteiger partial charge on any atom is -0.293 e. The second-order valence-corrected chi connectivity index (χ2v) is 7.15. The van der Waals surface area contributed by atoms with Gasteiger partial charge in [-0.15, -0.1) is 22.7 Å². The summed E-state index contributed by atoms with van der Waals surface area (Å²) in [6.07, 6.45) is 4.02. The Morgan fingerprint density at radius 3 is 2.88 bits per heavy atom. The molecule has 0 amide bonds. The molecule has 0 N–H and O–H groups in total. The van der Waals surface area contributed by atoms with Crippen LogP contribution < -0.4 is 0 Å². The third-order valence-electron chi connectivity index (χ3n) is 2.99. The zero-order chi connectivity index (χ0) is 11.8. The van der Waals surface area contributed by atoms with Crippen molar-refractivity contribution in [3.63, 3.8) is 0 Å². The number of aryl methyl sites for hydroxylation is 2. The molecule has 1 aliphatic carbocycles. The van der Waals surface area contributed by atoms with Crippen LogP contribution in [0.25, 0.3) is 0 Å². The van der Waals surface area contributed by atoms with Crippen molar-refractivity contribution in [3.8, 4) is 0 Å².